The Morgan fingerprint density at radius 2 is 1.92 bits per heavy atom. The fourth-order valence-corrected chi connectivity index (χ4v) is 5.50. The molecule has 0 aromatic carbocycles. The van der Waals surface area contributed by atoms with Crippen LogP contribution in [0.25, 0.3) is 5.69 Å². The van der Waals surface area contributed by atoms with Gasteiger partial charge < -0.3 is 20.5 Å². The van der Waals surface area contributed by atoms with Crippen molar-refractivity contribution in [2.45, 2.75) is 63.6 Å². The first-order valence-electron chi connectivity index (χ1n) is 12.3. The molecule has 0 bridgehead atoms. The highest BCUT2D eigenvalue weighted by atomic mass is 16.5. The number of carbonyl (C=O) groups excluding carboxylic acids is 2. The van der Waals surface area contributed by atoms with Gasteiger partial charge in [0, 0.05) is 18.3 Å². The quantitative estimate of drug-likeness (QED) is 0.493. The first-order valence-corrected chi connectivity index (χ1v) is 12.3. The molecule has 0 saturated heterocycles. The Morgan fingerprint density at radius 3 is 2.56 bits per heavy atom. The molecule has 11 heteroatoms. The average Bonchev–Trinajstić information content (AvgIpc) is 3.47. The minimum absolute atomic E-state index is 0.0147. The topological polar surface area (TPSA) is 139 Å². The standard InChI is InChI=1S/C25H29N7O4/c1-14-19(12-28-32(14)17-5-6-21(35-2)27-11-17)23(34)29-15-7-25(8-15)9-18(10-25)36-24-20(22(26)33)13-31(30-24)16-3-4-16/h5-6,11-13,15-16,18H,3-4,7-10H2,1-2H3,(H2,26,33)(H,29,34)/t15-,18-,25?. The van der Waals surface area contributed by atoms with Crippen molar-refractivity contribution in [3.8, 4) is 17.4 Å². The molecule has 3 aliphatic rings. The summed E-state index contributed by atoms with van der Waals surface area (Å²) in [4.78, 5) is 28.9. The van der Waals surface area contributed by atoms with Crippen LogP contribution in [0.5, 0.6) is 11.8 Å². The second-order valence-electron chi connectivity index (χ2n) is 10.3. The van der Waals surface area contributed by atoms with Crippen molar-refractivity contribution in [2.75, 3.05) is 7.11 Å². The van der Waals surface area contributed by atoms with Crippen molar-refractivity contribution < 1.29 is 19.1 Å². The lowest BCUT2D eigenvalue weighted by Crippen LogP contribution is -2.58. The molecule has 11 nitrogen and oxygen atoms in total. The van der Waals surface area contributed by atoms with Crippen LogP contribution in [-0.2, 0) is 0 Å². The fraction of sp³-hybridized carbons (Fsp3) is 0.480. The number of pyridine rings is 1. The van der Waals surface area contributed by atoms with Gasteiger partial charge in [0.05, 0.1) is 42.5 Å². The number of ether oxygens (including phenoxy) is 2. The molecule has 188 valence electrons. The van der Waals surface area contributed by atoms with Crippen LogP contribution < -0.4 is 20.5 Å². The van der Waals surface area contributed by atoms with E-state index in [1.165, 1.54) is 0 Å². The van der Waals surface area contributed by atoms with Crippen molar-refractivity contribution in [1.82, 2.24) is 29.9 Å². The van der Waals surface area contributed by atoms with E-state index in [9.17, 15) is 9.59 Å². The van der Waals surface area contributed by atoms with Crippen LogP contribution in [0.15, 0.2) is 30.7 Å². The van der Waals surface area contributed by atoms with Gasteiger partial charge >= 0.3 is 0 Å². The zero-order valence-corrected chi connectivity index (χ0v) is 20.3. The average molecular weight is 492 g/mol. The molecular weight excluding hydrogens is 462 g/mol. The first-order chi connectivity index (χ1) is 17.3. The SMILES string of the molecule is COc1ccc(-n2ncc(C(=O)N[C@H]3CC4(C3)C[C@H](Oc3nn(C5CC5)cc3C(N)=O)C4)c2C)cn1. The Kier molecular flexibility index (Phi) is 5.24. The van der Waals surface area contributed by atoms with E-state index in [1.807, 2.05) is 13.0 Å². The Balaban J connectivity index is 1.02. The van der Waals surface area contributed by atoms with E-state index in [0.717, 1.165) is 49.9 Å². The minimum atomic E-state index is -0.515. The number of amides is 2. The van der Waals surface area contributed by atoms with Gasteiger partial charge in [-0.05, 0) is 56.9 Å². The molecular formula is C25H29N7O4. The lowest BCUT2D eigenvalue weighted by molar-refractivity contribution is -0.0849. The number of hydrogen-bond donors (Lipinski definition) is 2. The van der Waals surface area contributed by atoms with Gasteiger partial charge in [0.1, 0.15) is 11.7 Å². The molecule has 0 radical (unpaired) electrons. The van der Waals surface area contributed by atoms with Crippen molar-refractivity contribution in [3.05, 3.63) is 47.5 Å². The van der Waals surface area contributed by atoms with Gasteiger partial charge in [0.15, 0.2) is 0 Å². The minimum Gasteiger partial charge on any atom is -0.481 e. The summed E-state index contributed by atoms with van der Waals surface area (Å²) in [6.45, 7) is 1.87. The molecule has 3 aliphatic carbocycles. The van der Waals surface area contributed by atoms with Crippen LogP contribution in [0.2, 0.25) is 0 Å². The molecule has 0 atom stereocenters. The predicted octanol–water partition coefficient (Wildman–Crippen LogP) is 2.33. The number of nitrogens with zero attached hydrogens (tertiary/aromatic N) is 5. The molecule has 0 aliphatic heterocycles. The summed E-state index contributed by atoms with van der Waals surface area (Å²) in [7, 11) is 1.56. The molecule has 6 rings (SSSR count). The van der Waals surface area contributed by atoms with Crippen LogP contribution in [0, 0.1) is 12.3 Å². The number of primary amides is 1. The normalized spacial score (nSPS) is 24.6. The monoisotopic (exact) mass is 491 g/mol. The molecule has 3 N–H and O–H groups in total. The van der Waals surface area contributed by atoms with Crippen molar-refractivity contribution in [1.29, 1.82) is 0 Å². The Hall–Kier alpha value is -3.89. The molecule has 3 aromatic rings. The zero-order chi connectivity index (χ0) is 25.0. The molecule has 3 aromatic heterocycles. The number of nitrogens with one attached hydrogen (secondary N) is 1. The Morgan fingerprint density at radius 1 is 1.14 bits per heavy atom. The van der Waals surface area contributed by atoms with E-state index in [0.29, 0.717) is 28.9 Å². The lowest BCUT2D eigenvalue weighted by atomic mass is 9.53. The summed E-state index contributed by atoms with van der Waals surface area (Å²) in [6.07, 6.45) is 10.7. The predicted molar refractivity (Wildman–Crippen MR) is 128 cm³/mol. The highest BCUT2D eigenvalue weighted by molar-refractivity contribution is 5.95. The third kappa shape index (κ3) is 3.98. The fourth-order valence-electron chi connectivity index (χ4n) is 5.50. The van der Waals surface area contributed by atoms with Gasteiger partial charge in [-0.15, -0.1) is 5.10 Å². The number of rotatable bonds is 8. The van der Waals surface area contributed by atoms with Gasteiger partial charge in [0.2, 0.25) is 11.8 Å². The van der Waals surface area contributed by atoms with Crippen LogP contribution in [0.1, 0.15) is 71.0 Å². The molecule has 3 fully saturated rings. The van der Waals surface area contributed by atoms with E-state index < -0.39 is 5.91 Å². The van der Waals surface area contributed by atoms with Crippen LogP contribution in [0.4, 0.5) is 0 Å². The Bertz CT molecular complexity index is 1310. The third-order valence-electron chi connectivity index (χ3n) is 7.61. The maximum atomic E-state index is 12.9. The highest BCUT2D eigenvalue weighted by Crippen LogP contribution is 2.57. The van der Waals surface area contributed by atoms with Crippen LogP contribution in [0.3, 0.4) is 0 Å². The summed E-state index contributed by atoms with van der Waals surface area (Å²) in [5, 5.41) is 12.0. The van der Waals surface area contributed by atoms with E-state index in [4.69, 9.17) is 15.2 Å². The summed E-state index contributed by atoms with van der Waals surface area (Å²) in [5.74, 6) is 0.228. The maximum absolute atomic E-state index is 12.9. The third-order valence-corrected chi connectivity index (χ3v) is 7.61. The number of aromatic nitrogens is 5. The largest absolute Gasteiger partial charge is 0.481 e. The number of hydrogen-bond acceptors (Lipinski definition) is 7. The summed E-state index contributed by atoms with van der Waals surface area (Å²) >= 11 is 0. The van der Waals surface area contributed by atoms with Gasteiger partial charge in [0.25, 0.3) is 11.8 Å². The van der Waals surface area contributed by atoms with E-state index in [-0.39, 0.29) is 23.5 Å². The van der Waals surface area contributed by atoms with Gasteiger partial charge in [-0.1, -0.05) is 0 Å². The maximum Gasteiger partial charge on any atom is 0.255 e. The number of nitrogens with two attached hydrogens (primary N) is 1. The van der Waals surface area contributed by atoms with Gasteiger partial charge in [-0.25, -0.2) is 9.67 Å². The van der Waals surface area contributed by atoms with Crippen molar-refractivity contribution >= 4 is 11.8 Å². The van der Waals surface area contributed by atoms with Crippen molar-refractivity contribution in [3.63, 3.8) is 0 Å². The zero-order valence-electron chi connectivity index (χ0n) is 20.3. The smallest absolute Gasteiger partial charge is 0.255 e. The highest BCUT2D eigenvalue weighted by Gasteiger charge is 2.54. The van der Waals surface area contributed by atoms with Crippen LogP contribution in [-0.4, -0.2) is 55.6 Å². The van der Waals surface area contributed by atoms with E-state index >= 15 is 0 Å². The summed E-state index contributed by atoms with van der Waals surface area (Å²) in [5.41, 5.74) is 8.11. The second kappa shape index (κ2) is 8.35. The number of carbonyl (C=O) groups is 2. The molecule has 1 spiro atoms. The van der Waals surface area contributed by atoms with Gasteiger partial charge in [-0.2, -0.15) is 5.10 Å². The summed E-state index contributed by atoms with van der Waals surface area (Å²) < 4.78 is 14.6. The van der Waals surface area contributed by atoms with E-state index in [1.54, 1.807) is 41.1 Å². The molecule has 2 amide bonds. The van der Waals surface area contributed by atoms with Crippen molar-refractivity contribution in [2.24, 2.45) is 11.1 Å². The Labute approximate surface area is 208 Å². The molecule has 0 unspecified atom stereocenters. The number of methoxy groups -OCH3 is 1. The first kappa shape index (κ1) is 22.6. The van der Waals surface area contributed by atoms with Crippen LogP contribution >= 0.6 is 0 Å². The second-order valence-corrected chi connectivity index (χ2v) is 10.3. The summed E-state index contributed by atoms with van der Waals surface area (Å²) in [6, 6.07) is 4.08. The van der Waals surface area contributed by atoms with E-state index in [2.05, 4.69) is 20.5 Å². The van der Waals surface area contributed by atoms with Gasteiger partial charge in [-0.3, -0.25) is 14.3 Å². The molecule has 3 saturated carbocycles. The lowest BCUT2D eigenvalue weighted by Gasteiger charge is -2.57. The molecule has 36 heavy (non-hydrogen) atoms. The molecule has 3 heterocycles.